The van der Waals surface area contributed by atoms with E-state index in [1.165, 1.54) is 0 Å². The van der Waals surface area contributed by atoms with Crippen LogP contribution in [0.5, 0.6) is 0 Å². The highest BCUT2D eigenvalue weighted by Gasteiger charge is 2.43. The lowest BCUT2D eigenvalue weighted by Gasteiger charge is -2.11. The molecule has 0 aromatic carbocycles. The number of sulfonamides is 1. The van der Waals surface area contributed by atoms with Crippen LogP contribution in [0, 0.1) is 0 Å². The van der Waals surface area contributed by atoms with Crippen molar-refractivity contribution in [2.24, 2.45) is 5.73 Å². The van der Waals surface area contributed by atoms with E-state index < -0.39 is 10.0 Å². The van der Waals surface area contributed by atoms with Crippen LogP contribution in [0.3, 0.4) is 0 Å². The maximum absolute atomic E-state index is 10.7. The van der Waals surface area contributed by atoms with Crippen molar-refractivity contribution in [1.29, 1.82) is 0 Å². The topological polar surface area (TPSA) is 72.2 Å². The van der Waals surface area contributed by atoms with Crippen LogP contribution in [0.25, 0.3) is 0 Å². The maximum Gasteiger partial charge on any atom is 0.209 e. The monoisotopic (exact) mass is 164 g/mol. The molecule has 5 heteroatoms. The van der Waals surface area contributed by atoms with Crippen LogP contribution < -0.4 is 10.5 Å². The van der Waals surface area contributed by atoms with Gasteiger partial charge in [0.1, 0.15) is 0 Å². The van der Waals surface area contributed by atoms with Crippen LogP contribution in [-0.4, -0.2) is 26.8 Å². The fourth-order valence-electron chi connectivity index (χ4n) is 0.892. The predicted octanol–water partition coefficient (Wildman–Crippen LogP) is -0.973. The van der Waals surface area contributed by atoms with Crippen LogP contribution in [0.2, 0.25) is 0 Å². The number of hydrogen-bond acceptors (Lipinski definition) is 3. The van der Waals surface area contributed by atoms with E-state index in [0.29, 0.717) is 6.54 Å². The Morgan fingerprint density at radius 2 is 2.10 bits per heavy atom. The molecule has 1 rings (SSSR count). The fourth-order valence-corrected chi connectivity index (χ4v) is 1.97. The first-order chi connectivity index (χ1) is 4.47. The molecule has 4 nitrogen and oxygen atoms in total. The lowest BCUT2D eigenvalue weighted by Crippen LogP contribution is -2.41. The lowest BCUT2D eigenvalue weighted by molar-refractivity contribution is 0.550. The molecule has 1 aliphatic carbocycles. The second-order valence-corrected chi connectivity index (χ2v) is 4.61. The zero-order chi connectivity index (χ0) is 7.83. The highest BCUT2D eigenvalue weighted by Crippen LogP contribution is 2.34. The molecule has 0 heterocycles. The second-order valence-electron chi connectivity index (χ2n) is 2.86. The molecular formula is C5H12N2O2S. The standard InChI is InChI=1S/C5H12N2O2S/c1-10(8,9)7-5(4-6)2-3-5/h7H,2-4,6H2,1H3. The molecule has 0 amide bonds. The van der Waals surface area contributed by atoms with E-state index in [1.54, 1.807) is 0 Å². The van der Waals surface area contributed by atoms with Gasteiger partial charge in [-0.25, -0.2) is 13.1 Å². The van der Waals surface area contributed by atoms with Gasteiger partial charge in [0.05, 0.1) is 6.26 Å². The molecule has 1 aliphatic rings. The molecule has 10 heavy (non-hydrogen) atoms. The summed E-state index contributed by atoms with van der Waals surface area (Å²) in [5, 5.41) is 0. The van der Waals surface area contributed by atoms with Gasteiger partial charge in [-0.3, -0.25) is 0 Å². The summed E-state index contributed by atoms with van der Waals surface area (Å²) in [5.41, 5.74) is 5.06. The van der Waals surface area contributed by atoms with Crippen molar-refractivity contribution in [1.82, 2.24) is 4.72 Å². The minimum absolute atomic E-state index is 0.284. The molecule has 0 aliphatic heterocycles. The number of rotatable bonds is 3. The number of nitrogens with two attached hydrogens (primary N) is 1. The molecular weight excluding hydrogens is 152 g/mol. The molecule has 0 spiro atoms. The number of hydrogen-bond donors (Lipinski definition) is 2. The Labute approximate surface area is 60.8 Å². The fraction of sp³-hybridized carbons (Fsp3) is 1.00. The van der Waals surface area contributed by atoms with Gasteiger partial charge < -0.3 is 5.73 Å². The maximum atomic E-state index is 10.7. The smallest absolute Gasteiger partial charge is 0.209 e. The third-order valence-electron chi connectivity index (χ3n) is 1.65. The van der Waals surface area contributed by atoms with Crippen molar-refractivity contribution in [3.63, 3.8) is 0 Å². The van der Waals surface area contributed by atoms with Crippen molar-refractivity contribution in [3.05, 3.63) is 0 Å². The van der Waals surface area contributed by atoms with Gasteiger partial charge in [0.15, 0.2) is 0 Å². The highest BCUT2D eigenvalue weighted by atomic mass is 32.2. The van der Waals surface area contributed by atoms with E-state index in [1.807, 2.05) is 0 Å². The van der Waals surface area contributed by atoms with Crippen LogP contribution in [0.15, 0.2) is 0 Å². The molecule has 0 aromatic heterocycles. The summed E-state index contributed by atoms with van der Waals surface area (Å²) >= 11 is 0. The Morgan fingerprint density at radius 3 is 2.20 bits per heavy atom. The SMILES string of the molecule is CS(=O)(=O)NC1(CN)CC1. The number of nitrogens with one attached hydrogen (secondary N) is 1. The largest absolute Gasteiger partial charge is 0.329 e. The van der Waals surface area contributed by atoms with Crippen molar-refractivity contribution in [3.8, 4) is 0 Å². The molecule has 0 aromatic rings. The highest BCUT2D eigenvalue weighted by molar-refractivity contribution is 7.88. The van der Waals surface area contributed by atoms with Crippen LogP contribution in [-0.2, 0) is 10.0 Å². The van der Waals surface area contributed by atoms with Crippen LogP contribution in [0.1, 0.15) is 12.8 Å². The van der Waals surface area contributed by atoms with Gasteiger partial charge in [0.2, 0.25) is 10.0 Å². The van der Waals surface area contributed by atoms with Gasteiger partial charge in [0.25, 0.3) is 0 Å². The lowest BCUT2D eigenvalue weighted by atomic mass is 10.3. The van der Waals surface area contributed by atoms with E-state index in [0.717, 1.165) is 19.1 Å². The Balaban J connectivity index is 2.54. The summed E-state index contributed by atoms with van der Waals surface area (Å²) in [7, 11) is -3.06. The normalized spacial score (nSPS) is 22.6. The molecule has 0 radical (unpaired) electrons. The van der Waals surface area contributed by atoms with Gasteiger partial charge in [-0.05, 0) is 12.8 Å². The molecule has 3 N–H and O–H groups in total. The summed E-state index contributed by atoms with van der Waals surface area (Å²) in [6, 6.07) is 0. The first-order valence-corrected chi connectivity index (χ1v) is 5.06. The van der Waals surface area contributed by atoms with E-state index in [4.69, 9.17) is 5.73 Å². The van der Waals surface area contributed by atoms with E-state index in [2.05, 4.69) is 4.72 Å². The van der Waals surface area contributed by atoms with Crippen molar-refractivity contribution >= 4 is 10.0 Å². The minimum atomic E-state index is -3.06. The van der Waals surface area contributed by atoms with Crippen molar-refractivity contribution < 1.29 is 8.42 Å². The minimum Gasteiger partial charge on any atom is -0.329 e. The zero-order valence-corrected chi connectivity index (χ0v) is 6.74. The van der Waals surface area contributed by atoms with E-state index >= 15 is 0 Å². The first-order valence-electron chi connectivity index (χ1n) is 3.16. The molecule has 0 bridgehead atoms. The zero-order valence-electron chi connectivity index (χ0n) is 5.92. The predicted molar refractivity (Wildman–Crippen MR) is 39.0 cm³/mol. The van der Waals surface area contributed by atoms with Gasteiger partial charge in [0, 0.05) is 12.1 Å². The summed E-state index contributed by atoms with van der Waals surface area (Å²) in [6.07, 6.45) is 2.90. The molecule has 60 valence electrons. The average molecular weight is 164 g/mol. The Hall–Kier alpha value is -0.130. The summed E-state index contributed by atoms with van der Waals surface area (Å²) < 4.78 is 23.9. The molecule has 0 unspecified atom stereocenters. The molecule has 0 saturated heterocycles. The van der Waals surface area contributed by atoms with Crippen molar-refractivity contribution in [2.45, 2.75) is 18.4 Å². The summed E-state index contributed by atoms with van der Waals surface area (Å²) in [4.78, 5) is 0. The van der Waals surface area contributed by atoms with E-state index in [9.17, 15) is 8.42 Å². The average Bonchev–Trinajstić information content (AvgIpc) is 2.45. The third kappa shape index (κ3) is 1.93. The van der Waals surface area contributed by atoms with Crippen LogP contribution in [0.4, 0.5) is 0 Å². The summed E-state index contributed by atoms with van der Waals surface area (Å²) in [5.74, 6) is 0. The molecule has 0 atom stereocenters. The molecule has 1 saturated carbocycles. The van der Waals surface area contributed by atoms with Gasteiger partial charge in [-0.15, -0.1) is 0 Å². The summed E-state index contributed by atoms with van der Waals surface area (Å²) in [6.45, 7) is 0.403. The van der Waals surface area contributed by atoms with E-state index in [-0.39, 0.29) is 5.54 Å². The van der Waals surface area contributed by atoms with Gasteiger partial charge >= 0.3 is 0 Å². The Bertz CT molecular complexity index is 218. The Morgan fingerprint density at radius 1 is 1.60 bits per heavy atom. The van der Waals surface area contributed by atoms with Gasteiger partial charge in [-0.2, -0.15) is 0 Å². The third-order valence-corrected chi connectivity index (χ3v) is 2.45. The van der Waals surface area contributed by atoms with Gasteiger partial charge in [-0.1, -0.05) is 0 Å². The van der Waals surface area contributed by atoms with Crippen molar-refractivity contribution in [2.75, 3.05) is 12.8 Å². The molecule has 1 fully saturated rings. The van der Waals surface area contributed by atoms with Crippen LogP contribution >= 0.6 is 0 Å². The Kier molecular flexibility index (Phi) is 1.74. The quantitative estimate of drug-likeness (QED) is 0.563. The first kappa shape index (κ1) is 7.97. The second kappa shape index (κ2) is 2.18.